The minimum Gasteiger partial charge on any atom is -0.491 e. The summed E-state index contributed by atoms with van der Waals surface area (Å²) < 4.78 is 15.2. The summed E-state index contributed by atoms with van der Waals surface area (Å²) in [6, 6.07) is 7.19. The van der Waals surface area contributed by atoms with E-state index in [9.17, 15) is 4.79 Å². The van der Waals surface area contributed by atoms with Crippen molar-refractivity contribution in [2.24, 2.45) is 0 Å². The molecule has 0 saturated heterocycles. The Balaban J connectivity index is 2.20. The summed E-state index contributed by atoms with van der Waals surface area (Å²) in [7, 11) is 2.91. The van der Waals surface area contributed by atoms with Gasteiger partial charge in [0.2, 0.25) is 5.28 Å². The fraction of sp³-hybridized carbons (Fsp3) is 0.312. The molecule has 0 atom stereocenters. The molecule has 1 N–H and O–H groups in total. The first-order chi connectivity index (χ1) is 11.5. The first-order valence-corrected chi connectivity index (χ1v) is 7.54. The molecule has 24 heavy (non-hydrogen) atoms. The SMILES string of the molecule is COCCOc1ccc(Nc2nc(Cl)nc(C)c2C(=O)OC)cc1. The molecule has 8 heteroatoms. The van der Waals surface area contributed by atoms with Crippen LogP contribution in [0.25, 0.3) is 0 Å². The van der Waals surface area contributed by atoms with Crippen LogP contribution in [0, 0.1) is 6.92 Å². The zero-order valence-corrected chi connectivity index (χ0v) is 14.4. The van der Waals surface area contributed by atoms with Gasteiger partial charge in [-0.15, -0.1) is 0 Å². The van der Waals surface area contributed by atoms with Crippen LogP contribution in [0.5, 0.6) is 5.75 Å². The van der Waals surface area contributed by atoms with E-state index in [1.165, 1.54) is 7.11 Å². The number of nitrogens with zero attached hydrogens (tertiary/aromatic N) is 2. The van der Waals surface area contributed by atoms with E-state index >= 15 is 0 Å². The normalized spacial score (nSPS) is 10.3. The maximum Gasteiger partial charge on any atom is 0.343 e. The van der Waals surface area contributed by atoms with E-state index in [0.29, 0.717) is 30.3 Å². The Morgan fingerprint density at radius 2 is 1.88 bits per heavy atom. The van der Waals surface area contributed by atoms with Crippen molar-refractivity contribution in [3.63, 3.8) is 0 Å². The Morgan fingerprint density at radius 1 is 1.17 bits per heavy atom. The summed E-state index contributed by atoms with van der Waals surface area (Å²) in [5.74, 6) is 0.460. The third-order valence-electron chi connectivity index (χ3n) is 3.13. The zero-order valence-electron chi connectivity index (χ0n) is 13.6. The van der Waals surface area contributed by atoms with Crippen LogP contribution in [0.1, 0.15) is 16.1 Å². The number of ether oxygens (including phenoxy) is 3. The van der Waals surface area contributed by atoms with Gasteiger partial charge in [0.05, 0.1) is 19.4 Å². The summed E-state index contributed by atoms with van der Waals surface area (Å²) >= 11 is 5.89. The third kappa shape index (κ3) is 4.56. The van der Waals surface area contributed by atoms with Crippen molar-refractivity contribution in [2.45, 2.75) is 6.92 Å². The monoisotopic (exact) mass is 351 g/mol. The highest BCUT2D eigenvalue weighted by Crippen LogP contribution is 2.24. The predicted octanol–water partition coefficient (Wildman–Crippen LogP) is 2.99. The minimum absolute atomic E-state index is 0.0437. The molecule has 0 aliphatic rings. The van der Waals surface area contributed by atoms with Gasteiger partial charge in [0.1, 0.15) is 23.7 Å². The van der Waals surface area contributed by atoms with E-state index in [4.69, 9.17) is 25.8 Å². The fourth-order valence-corrected chi connectivity index (χ4v) is 2.20. The van der Waals surface area contributed by atoms with Crippen molar-refractivity contribution in [3.05, 3.63) is 40.8 Å². The van der Waals surface area contributed by atoms with Crippen molar-refractivity contribution in [2.75, 3.05) is 32.8 Å². The lowest BCUT2D eigenvalue weighted by Crippen LogP contribution is -2.11. The number of rotatable bonds is 7. The number of aromatic nitrogens is 2. The summed E-state index contributed by atoms with van der Waals surface area (Å²) in [5.41, 5.74) is 1.39. The van der Waals surface area contributed by atoms with Crippen molar-refractivity contribution in [1.29, 1.82) is 0 Å². The number of halogens is 1. The van der Waals surface area contributed by atoms with E-state index in [1.54, 1.807) is 38.3 Å². The molecule has 0 radical (unpaired) electrons. The van der Waals surface area contributed by atoms with Crippen LogP contribution < -0.4 is 10.1 Å². The van der Waals surface area contributed by atoms with Gasteiger partial charge in [0.25, 0.3) is 0 Å². The van der Waals surface area contributed by atoms with Gasteiger partial charge in [-0.1, -0.05) is 0 Å². The van der Waals surface area contributed by atoms with E-state index in [0.717, 1.165) is 0 Å². The minimum atomic E-state index is -0.536. The van der Waals surface area contributed by atoms with Crippen LogP contribution in [0.15, 0.2) is 24.3 Å². The van der Waals surface area contributed by atoms with Crippen LogP contribution in [0.4, 0.5) is 11.5 Å². The Morgan fingerprint density at radius 3 is 2.50 bits per heavy atom. The number of nitrogens with one attached hydrogen (secondary N) is 1. The molecular formula is C16H18ClN3O4. The maximum absolute atomic E-state index is 11.9. The molecule has 2 aromatic rings. The van der Waals surface area contributed by atoms with Crippen molar-refractivity contribution in [3.8, 4) is 5.75 Å². The highest BCUT2D eigenvalue weighted by atomic mass is 35.5. The molecule has 0 fully saturated rings. The second-order valence-electron chi connectivity index (χ2n) is 4.78. The second-order valence-corrected chi connectivity index (χ2v) is 5.12. The number of hydrogen-bond donors (Lipinski definition) is 1. The number of hydrogen-bond acceptors (Lipinski definition) is 7. The largest absolute Gasteiger partial charge is 0.491 e. The lowest BCUT2D eigenvalue weighted by molar-refractivity contribution is 0.0600. The molecule has 0 unspecified atom stereocenters. The first kappa shape index (κ1) is 18.0. The van der Waals surface area contributed by atoms with Crippen molar-refractivity contribution < 1.29 is 19.0 Å². The van der Waals surface area contributed by atoms with Gasteiger partial charge >= 0.3 is 5.97 Å². The Hall–Kier alpha value is -2.38. The summed E-state index contributed by atoms with van der Waals surface area (Å²) in [6.07, 6.45) is 0. The fourth-order valence-electron chi connectivity index (χ4n) is 1.99. The summed E-state index contributed by atoms with van der Waals surface area (Å²) in [5, 5.41) is 3.09. The smallest absolute Gasteiger partial charge is 0.343 e. The van der Waals surface area contributed by atoms with Crippen LogP contribution in [-0.2, 0) is 9.47 Å². The molecule has 1 aromatic heterocycles. The van der Waals surface area contributed by atoms with Crippen LogP contribution in [0.2, 0.25) is 5.28 Å². The number of methoxy groups -OCH3 is 2. The lowest BCUT2D eigenvalue weighted by atomic mass is 10.2. The molecule has 128 valence electrons. The molecule has 1 heterocycles. The quantitative estimate of drug-likeness (QED) is 0.466. The number of carbonyl (C=O) groups is 1. The van der Waals surface area contributed by atoms with Gasteiger partial charge in [-0.05, 0) is 42.8 Å². The molecule has 0 amide bonds. The van der Waals surface area contributed by atoms with E-state index < -0.39 is 5.97 Å². The average molecular weight is 352 g/mol. The molecule has 1 aromatic carbocycles. The number of benzene rings is 1. The summed E-state index contributed by atoms with van der Waals surface area (Å²) in [4.78, 5) is 20.0. The number of anilines is 2. The van der Waals surface area contributed by atoms with Gasteiger partial charge in [-0.3, -0.25) is 0 Å². The van der Waals surface area contributed by atoms with E-state index in [1.807, 2.05) is 0 Å². The zero-order chi connectivity index (χ0) is 17.5. The molecule has 0 aliphatic carbocycles. The van der Waals surface area contributed by atoms with Crippen LogP contribution in [-0.4, -0.2) is 43.4 Å². The van der Waals surface area contributed by atoms with Crippen molar-refractivity contribution >= 4 is 29.1 Å². The standard InChI is InChI=1S/C16H18ClN3O4/c1-10-13(15(21)23-3)14(20-16(17)18-10)19-11-4-6-12(7-5-11)24-9-8-22-2/h4-7H,8-9H2,1-3H3,(H,18,19,20). The summed E-state index contributed by atoms with van der Waals surface area (Å²) in [6.45, 7) is 2.65. The Labute approximate surface area is 144 Å². The van der Waals surface area contributed by atoms with Gasteiger partial charge < -0.3 is 19.5 Å². The lowest BCUT2D eigenvalue weighted by Gasteiger charge is -2.12. The van der Waals surface area contributed by atoms with E-state index in [2.05, 4.69) is 15.3 Å². The highest BCUT2D eigenvalue weighted by molar-refractivity contribution is 6.28. The molecule has 7 nitrogen and oxygen atoms in total. The first-order valence-electron chi connectivity index (χ1n) is 7.16. The number of esters is 1. The van der Waals surface area contributed by atoms with Crippen LogP contribution >= 0.6 is 11.6 Å². The molecular weight excluding hydrogens is 334 g/mol. The third-order valence-corrected chi connectivity index (χ3v) is 3.29. The number of carbonyl (C=O) groups excluding carboxylic acids is 1. The van der Waals surface area contributed by atoms with Gasteiger partial charge in [-0.25, -0.2) is 9.78 Å². The predicted molar refractivity (Wildman–Crippen MR) is 90.2 cm³/mol. The average Bonchev–Trinajstić information content (AvgIpc) is 2.55. The molecule has 0 saturated carbocycles. The molecule has 2 rings (SSSR count). The second kappa shape index (κ2) is 8.47. The maximum atomic E-state index is 11.9. The topological polar surface area (TPSA) is 82.6 Å². The Bertz CT molecular complexity index is 707. The van der Waals surface area contributed by atoms with Gasteiger partial charge in [0.15, 0.2) is 0 Å². The molecule has 0 spiro atoms. The molecule has 0 aliphatic heterocycles. The van der Waals surface area contributed by atoms with Crippen LogP contribution in [0.3, 0.4) is 0 Å². The number of aryl methyl sites for hydroxylation is 1. The highest BCUT2D eigenvalue weighted by Gasteiger charge is 2.19. The van der Waals surface area contributed by atoms with Gasteiger partial charge in [0, 0.05) is 12.8 Å². The van der Waals surface area contributed by atoms with E-state index in [-0.39, 0.29) is 16.7 Å². The Kier molecular flexibility index (Phi) is 6.34. The molecule has 0 bridgehead atoms. The van der Waals surface area contributed by atoms with Crippen molar-refractivity contribution in [1.82, 2.24) is 9.97 Å². The van der Waals surface area contributed by atoms with Gasteiger partial charge in [-0.2, -0.15) is 4.98 Å².